The Morgan fingerprint density at radius 1 is 1.19 bits per heavy atom. The number of nitro groups is 1. The highest BCUT2D eigenvalue weighted by Crippen LogP contribution is 2.39. The molecular formula is C16H20N4O6. The Labute approximate surface area is 148 Å². The van der Waals surface area contributed by atoms with E-state index >= 15 is 0 Å². The molecule has 1 aromatic rings. The lowest BCUT2D eigenvalue weighted by atomic mass is 9.77. The molecule has 1 saturated carbocycles. The minimum absolute atomic E-state index is 0.0908. The van der Waals surface area contributed by atoms with Gasteiger partial charge in [-0.2, -0.15) is 0 Å². The maximum absolute atomic E-state index is 11.6. The summed E-state index contributed by atoms with van der Waals surface area (Å²) in [6.45, 7) is 0. The smallest absolute Gasteiger partial charge is 0.323 e. The highest BCUT2D eigenvalue weighted by atomic mass is 16.6. The molecule has 0 bridgehead atoms. The van der Waals surface area contributed by atoms with E-state index < -0.39 is 22.7 Å². The van der Waals surface area contributed by atoms with Crippen LogP contribution in [0, 0.1) is 16.0 Å². The molecule has 1 aliphatic rings. The number of nitrogens with one attached hydrogen (secondary N) is 2. The van der Waals surface area contributed by atoms with Gasteiger partial charge < -0.3 is 10.4 Å². The Bertz CT molecular complexity index is 727. The highest BCUT2D eigenvalue weighted by Gasteiger charge is 2.26. The van der Waals surface area contributed by atoms with Crippen molar-refractivity contribution < 1.29 is 24.4 Å². The summed E-state index contributed by atoms with van der Waals surface area (Å²) in [5.41, 5.74) is 2.01. The Morgan fingerprint density at radius 2 is 1.85 bits per heavy atom. The second-order valence-electron chi connectivity index (χ2n) is 6.28. The summed E-state index contributed by atoms with van der Waals surface area (Å²) in [4.78, 5) is 44.2. The van der Waals surface area contributed by atoms with Crippen molar-refractivity contribution in [2.24, 2.45) is 11.8 Å². The number of anilines is 1. The lowest BCUT2D eigenvalue weighted by Crippen LogP contribution is -2.39. The second kappa shape index (κ2) is 8.39. The van der Waals surface area contributed by atoms with Gasteiger partial charge in [-0.25, -0.2) is 5.84 Å². The number of nitro benzene ring substituents is 1. The number of carbonyl (C=O) groups is 3. The summed E-state index contributed by atoms with van der Waals surface area (Å²) in [6, 6.07) is 4.45. The molecular weight excluding hydrogens is 344 g/mol. The number of carboxylic acids is 1. The normalized spacial score (nSPS) is 19.4. The third-order valence-electron chi connectivity index (χ3n) is 4.59. The van der Waals surface area contributed by atoms with E-state index in [1.165, 1.54) is 12.1 Å². The van der Waals surface area contributed by atoms with Crippen LogP contribution in [0.2, 0.25) is 0 Å². The molecule has 10 heteroatoms. The third-order valence-corrected chi connectivity index (χ3v) is 4.59. The molecule has 5 N–H and O–H groups in total. The zero-order valence-corrected chi connectivity index (χ0v) is 13.9. The lowest BCUT2D eigenvalue weighted by molar-refractivity contribution is -0.384. The van der Waals surface area contributed by atoms with Crippen LogP contribution in [-0.4, -0.2) is 27.8 Å². The molecule has 1 aromatic carbocycles. The van der Waals surface area contributed by atoms with Crippen molar-refractivity contribution in [1.29, 1.82) is 0 Å². The van der Waals surface area contributed by atoms with Gasteiger partial charge in [0.2, 0.25) is 0 Å². The van der Waals surface area contributed by atoms with Crippen molar-refractivity contribution in [1.82, 2.24) is 5.43 Å². The number of hydrogen-bond donors (Lipinski definition) is 4. The molecule has 1 fully saturated rings. The molecule has 2 rings (SSSR count). The van der Waals surface area contributed by atoms with Crippen LogP contribution in [0.3, 0.4) is 0 Å². The standard InChI is InChI=1S/C16H20N4O6/c17-19-16(24)15(23)18-12-6-5-11(8-13(12)20(25)26)10-3-1-9(2-4-10)7-14(21)22/h5-6,8-10H,1-4,7,17H2,(H,18,23)(H,19,24)(H,21,22). The van der Waals surface area contributed by atoms with E-state index in [0.717, 1.165) is 31.2 Å². The van der Waals surface area contributed by atoms with Crippen LogP contribution in [0.25, 0.3) is 0 Å². The van der Waals surface area contributed by atoms with Gasteiger partial charge in [-0.3, -0.25) is 29.9 Å². The number of amides is 2. The first-order valence-corrected chi connectivity index (χ1v) is 8.13. The van der Waals surface area contributed by atoms with Crippen molar-refractivity contribution in [2.75, 3.05) is 5.32 Å². The molecule has 0 unspecified atom stereocenters. The molecule has 0 heterocycles. The van der Waals surface area contributed by atoms with Crippen LogP contribution in [0.1, 0.15) is 43.6 Å². The summed E-state index contributed by atoms with van der Waals surface area (Å²) in [5, 5.41) is 22.3. The van der Waals surface area contributed by atoms with Crippen LogP contribution < -0.4 is 16.6 Å². The van der Waals surface area contributed by atoms with Crippen molar-refractivity contribution in [3.05, 3.63) is 33.9 Å². The van der Waals surface area contributed by atoms with Crippen LogP contribution in [0.15, 0.2) is 18.2 Å². The van der Waals surface area contributed by atoms with Crippen LogP contribution in [-0.2, 0) is 14.4 Å². The van der Waals surface area contributed by atoms with E-state index in [9.17, 15) is 24.5 Å². The SMILES string of the molecule is NNC(=O)C(=O)Nc1ccc(C2CCC(CC(=O)O)CC2)cc1[N+](=O)[O-]. The predicted octanol–water partition coefficient (Wildman–Crippen LogP) is 1.27. The maximum Gasteiger partial charge on any atom is 0.323 e. The first kappa shape index (κ1) is 19.3. The number of aliphatic carboxylic acids is 1. The molecule has 1 aliphatic carbocycles. The Hall–Kier alpha value is -3.01. The van der Waals surface area contributed by atoms with Gasteiger partial charge in [-0.1, -0.05) is 6.07 Å². The molecule has 0 atom stereocenters. The Morgan fingerprint density at radius 3 is 2.38 bits per heavy atom. The second-order valence-corrected chi connectivity index (χ2v) is 6.28. The summed E-state index contributed by atoms with van der Waals surface area (Å²) in [7, 11) is 0. The number of nitrogens with zero attached hydrogens (tertiary/aromatic N) is 1. The van der Waals surface area contributed by atoms with Gasteiger partial charge in [-0.15, -0.1) is 0 Å². The zero-order valence-electron chi connectivity index (χ0n) is 13.9. The molecule has 140 valence electrons. The van der Waals surface area contributed by atoms with Gasteiger partial charge in [0.25, 0.3) is 5.69 Å². The van der Waals surface area contributed by atoms with Gasteiger partial charge in [0.1, 0.15) is 5.69 Å². The minimum Gasteiger partial charge on any atom is -0.481 e. The number of hydrazine groups is 1. The monoisotopic (exact) mass is 364 g/mol. The van der Waals surface area contributed by atoms with Crippen molar-refractivity contribution in [3.63, 3.8) is 0 Å². The van der Waals surface area contributed by atoms with Gasteiger partial charge in [0.15, 0.2) is 0 Å². The van der Waals surface area contributed by atoms with Gasteiger partial charge >= 0.3 is 17.8 Å². The number of carbonyl (C=O) groups excluding carboxylic acids is 2. The van der Waals surface area contributed by atoms with Crippen molar-refractivity contribution in [2.45, 2.75) is 38.0 Å². The summed E-state index contributed by atoms with van der Waals surface area (Å²) in [6.07, 6.45) is 3.13. The Kier molecular flexibility index (Phi) is 6.23. The number of nitrogens with two attached hydrogens (primary N) is 1. The molecule has 0 aliphatic heterocycles. The van der Waals surface area contributed by atoms with E-state index in [0.29, 0.717) is 0 Å². The van der Waals surface area contributed by atoms with Gasteiger partial charge in [-0.05, 0) is 49.1 Å². The summed E-state index contributed by atoms with van der Waals surface area (Å²) in [5.74, 6) is 2.06. The van der Waals surface area contributed by atoms with E-state index in [-0.39, 0.29) is 29.6 Å². The fourth-order valence-corrected chi connectivity index (χ4v) is 3.25. The van der Waals surface area contributed by atoms with Crippen LogP contribution in [0.5, 0.6) is 0 Å². The minimum atomic E-state index is -1.11. The molecule has 0 spiro atoms. The number of hydrogen-bond acceptors (Lipinski definition) is 6. The lowest BCUT2D eigenvalue weighted by Gasteiger charge is -2.28. The molecule has 26 heavy (non-hydrogen) atoms. The van der Waals surface area contributed by atoms with E-state index in [1.54, 1.807) is 11.5 Å². The first-order valence-electron chi connectivity index (χ1n) is 8.13. The first-order chi connectivity index (χ1) is 12.3. The number of rotatable bonds is 5. The number of carboxylic acid groups (broad SMARTS) is 1. The largest absolute Gasteiger partial charge is 0.481 e. The molecule has 0 saturated heterocycles. The van der Waals surface area contributed by atoms with Crippen molar-refractivity contribution >= 4 is 29.2 Å². The topological polar surface area (TPSA) is 165 Å². The fraction of sp³-hybridized carbons (Fsp3) is 0.438. The number of benzene rings is 1. The highest BCUT2D eigenvalue weighted by molar-refractivity contribution is 6.39. The summed E-state index contributed by atoms with van der Waals surface area (Å²) >= 11 is 0. The molecule has 2 amide bonds. The zero-order chi connectivity index (χ0) is 19.3. The third kappa shape index (κ3) is 4.76. The van der Waals surface area contributed by atoms with Crippen LogP contribution in [0.4, 0.5) is 11.4 Å². The molecule has 10 nitrogen and oxygen atoms in total. The van der Waals surface area contributed by atoms with E-state index in [4.69, 9.17) is 10.9 Å². The molecule has 0 radical (unpaired) electrons. The van der Waals surface area contributed by atoms with Crippen LogP contribution >= 0.6 is 0 Å². The van der Waals surface area contributed by atoms with Gasteiger partial charge in [0, 0.05) is 12.5 Å². The summed E-state index contributed by atoms with van der Waals surface area (Å²) < 4.78 is 0. The van der Waals surface area contributed by atoms with Gasteiger partial charge in [0.05, 0.1) is 4.92 Å². The fourth-order valence-electron chi connectivity index (χ4n) is 3.25. The molecule has 0 aromatic heterocycles. The van der Waals surface area contributed by atoms with E-state index in [1.807, 2.05) is 0 Å². The van der Waals surface area contributed by atoms with Crippen molar-refractivity contribution in [3.8, 4) is 0 Å². The predicted molar refractivity (Wildman–Crippen MR) is 91.0 cm³/mol. The average Bonchev–Trinajstić information content (AvgIpc) is 2.61. The maximum atomic E-state index is 11.6. The quantitative estimate of drug-likeness (QED) is 0.201. The van der Waals surface area contributed by atoms with E-state index in [2.05, 4.69) is 5.32 Å². The Balaban J connectivity index is 2.13. The average molecular weight is 364 g/mol.